The molecule has 1 atom stereocenters. The summed E-state index contributed by atoms with van der Waals surface area (Å²) in [4.78, 5) is 60.5. The Morgan fingerprint density at radius 1 is 1.14 bits per heavy atom. The van der Waals surface area contributed by atoms with Crippen LogP contribution in [-0.2, 0) is 22.9 Å². The molecule has 2 aliphatic rings. The van der Waals surface area contributed by atoms with E-state index in [1.165, 1.54) is 22.2 Å². The van der Waals surface area contributed by atoms with Gasteiger partial charge >= 0.3 is 6.18 Å². The number of benzene rings is 1. The van der Waals surface area contributed by atoms with Crippen molar-refractivity contribution in [3.05, 3.63) is 79.3 Å². The van der Waals surface area contributed by atoms with Gasteiger partial charge in [-0.25, -0.2) is 15.0 Å². The Morgan fingerprint density at radius 3 is 2.54 bits per heavy atom. The predicted octanol–water partition coefficient (Wildman–Crippen LogP) is 5.12. The van der Waals surface area contributed by atoms with E-state index >= 15 is 0 Å². The molecule has 2 amide bonds. The summed E-state index contributed by atoms with van der Waals surface area (Å²) >= 11 is 7.44. The van der Waals surface area contributed by atoms with Crippen LogP contribution >= 0.6 is 22.9 Å². The number of hydrogen-bond donors (Lipinski definition) is 2. The number of nitrogens with one attached hydrogen (secondary N) is 1. The van der Waals surface area contributed by atoms with Gasteiger partial charge in [-0.1, -0.05) is 18.5 Å². The molecule has 1 spiro atoms. The summed E-state index contributed by atoms with van der Waals surface area (Å²) in [5, 5.41) is 17.3. The van der Waals surface area contributed by atoms with E-state index in [4.69, 9.17) is 11.6 Å². The van der Waals surface area contributed by atoms with Gasteiger partial charge < -0.3 is 19.9 Å². The smallest absolute Gasteiger partial charge is 0.416 e. The zero-order valence-corrected chi connectivity index (χ0v) is 28.4. The number of thiazole rings is 1. The molecule has 5 aromatic rings. The summed E-state index contributed by atoms with van der Waals surface area (Å²) in [5.41, 5.74) is 1.56. The average molecular weight is 728 g/mol. The van der Waals surface area contributed by atoms with Crippen LogP contribution in [0.15, 0.2) is 34.8 Å². The highest BCUT2D eigenvalue weighted by molar-refractivity contribution is 7.13. The summed E-state index contributed by atoms with van der Waals surface area (Å²) < 4.78 is 42.5. The lowest BCUT2D eigenvalue weighted by Gasteiger charge is -2.39. The topological polar surface area (TPSA) is 160 Å². The summed E-state index contributed by atoms with van der Waals surface area (Å²) in [6.07, 6.45) is -1.99. The quantitative estimate of drug-likeness (QED) is 0.251. The number of likely N-dealkylation sites (tertiary alicyclic amines) is 1. The number of aromatic nitrogens is 7. The molecule has 18 heteroatoms. The van der Waals surface area contributed by atoms with Crippen molar-refractivity contribution in [1.29, 1.82) is 0 Å². The number of amides is 2. The first-order valence-corrected chi connectivity index (χ1v) is 16.8. The molecule has 260 valence electrons. The largest absolute Gasteiger partial charge is 0.504 e. The van der Waals surface area contributed by atoms with Crippen LogP contribution < -0.4 is 10.9 Å². The Morgan fingerprint density at radius 2 is 1.88 bits per heavy atom. The molecule has 0 radical (unpaired) electrons. The van der Waals surface area contributed by atoms with Crippen molar-refractivity contribution >= 4 is 46.2 Å². The number of piperidine rings is 1. The number of nitrogens with zero attached hydrogens (tertiary/aromatic N) is 8. The Labute approximate surface area is 290 Å². The molecule has 5 heterocycles. The number of aromatic hydroxyl groups is 1. The van der Waals surface area contributed by atoms with E-state index in [0.717, 1.165) is 18.2 Å². The fourth-order valence-electron chi connectivity index (χ4n) is 7.13. The average Bonchev–Trinajstić information content (AvgIpc) is 3.77. The summed E-state index contributed by atoms with van der Waals surface area (Å²) in [7, 11) is 0. The molecule has 4 aromatic heterocycles. The summed E-state index contributed by atoms with van der Waals surface area (Å²) in [6.45, 7) is 5.53. The van der Waals surface area contributed by atoms with Crippen molar-refractivity contribution in [3.63, 3.8) is 0 Å². The van der Waals surface area contributed by atoms with Gasteiger partial charge in [0.1, 0.15) is 12.9 Å². The number of aryl methyl sites for hydroxylation is 2. The molecule has 13 nitrogen and oxygen atoms in total. The number of hydrogen-bond acceptors (Lipinski definition) is 10. The van der Waals surface area contributed by atoms with Crippen LogP contribution in [0.25, 0.3) is 16.5 Å². The zero-order valence-electron chi connectivity index (χ0n) is 26.9. The number of fused-ring (bicyclic) bond motifs is 3. The number of alkyl halides is 3. The Hall–Kier alpha value is -4.90. The maximum Gasteiger partial charge on any atom is 0.416 e. The Kier molecular flexibility index (Phi) is 8.16. The molecular weight excluding hydrogens is 699 g/mol. The minimum absolute atomic E-state index is 0.00714. The van der Waals surface area contributed by atoms with E-state index in [1.807, 2.05) is 6.92 Å². The maximum absolute atomic E-state index is 14.4. The van der Waals surface area contributed by atoms with Crippen molar-refractivity contribution in [3.8, 4) is 16.5 Å². The molecule has 0 bridgehead atoms. The van der Waals surface area contributed by atoms with Gasteiger partial charge in [0.05, 0.1) is 38.0 Å². The normalized spacial score (nSPS) is 17.0. The summed E-state index contributed by atoms with van der Waals surface area (Å²) in [6, 6.07) is 2.66. The van der Waals surface area contributed by atoms with Gasteiger partial charge in [-0.2, -0.15) is 22.7 Å². The standard InChI is InChI=1S/C32H29ClF3N9O4S/c1-15-11-31(6-8-43(9-7-31)29(49)23-25(47)16(2)37-13-38-23)22-24(15)44(12-21(46)40-20-5-4-18(10-19(20)33)32(34,35)36)30-41-27(42-45(30)28(22)48)26-17(3)39-14-50-26/h4-5,10,13-15,47H,6-9,11-12H2,1-3H3,(H,40,46). The first kappa shape index (κ1) is 33.6. The van der Waals surface area contributed by atoms with Gasteiger partial charge in [0.15, 0.2) is 17.3 Å². The van der Waals surface area contributed by atoms with Gasteiger partial charge in [-0.05, 0) is 57.2 Å². The van der Waals surface area contributed by atoms with Gasteiger partial charge in [-0.3, -0.25) is 14.4 Å². The third-order valence-electron chi connectivity index (χ3n) is 9.52. The molecule has 1 aromatic carbocycles. The highest BCUT2D eigenvalue weighted by Gasteiger charge is 2.49. The van der Waals surface area contributed by atoms with Crippen molar-refractivity contribution in [2.75, 3.05) is 18.4 Å². The van der Waals surface area contributed by atoms with Gasteiger partial charge in [0.2, 0.25) is 11.7 Å². The lowest BCUT2D eigenvalue weighted by molar-refractivity contribution is -0.137. The molecule has 7 rings (SSSR count). The van der Waals surface area contributed by atoms with Crippen molar-refractivity contribution in [2.24, 2.45) is 0 Å². The Bertz CT molecular complexity index is 2260. The van der Waals surface area contributed by atoms with Crippen LogP contribution in [-0.4, -0.2) is 69.0 Å². The van der Waals surface area contributed by atoms with Crippen LogP contribution in [0.3, 0.4) is 0 Å². The molecule has 1 aliphatic heterocycles. The van der Waals surface area contributed by atoms with Crippen LogP contribution in [0, 0.1) is 13.8 Å². The zero-order chi connectivity index (χ0) is 35.7. The highest BCUT2D eigenvalue weighted by Crippen LogP contribution is 2.50. The molecule has 2 N–H and O–H groups in total. The maximum atomic E-state index is 14.4. The molecule has 1 saturated heterocycles. The third kappa shape index (κ3) is 5.57. The van der Waals surface area contributed by atoms with E-state index in [2.05, 4.69) is 30.4 Å². The van der Waals surface area contributed by atoms with Crippen molar-refractivity contribution < 1.29 is 27.9 Å². The molecule has 1 aliphatic carbocycles. The number of rotatable bonds is 5. The second kappa shape index (κ2) is 12.2. The van der Waals surface area contributed by atoms with Crippen LogP contribution in [0.1, 0.15) is 70.8 Å². The fourth-order valence-corrected chi connectivity index (χ4v) is 8.09. The third-order valence-corrected chi connectivity index (χ3v) is 10.8. The first-order chi connectivity index (χ1) is 23.7. The second-order valence-corrected chi connectivity index (χ2v) is 13.9. The second-order valence-electron chi connectivity index (χ2n) is 12.6. The lowest BCUT2D eigenvalue weighted by atomic mass is 9.73. The van der Waals surface area contributed by atoms with E-state index in [1.54, 1.807) is 28.8 Å². The van der Waals surface area contributed by atoms with E-state index in [9.17, 15) is 32.7 Å². The van der Waals surface area contributed by atoms with Crippen molar-refractivity contribution in [1.82, 2.24) is 39.0 Å². The van der Waals surface area contributed by atoms with E-state index < -0.39 is 29.0 Å². The monoisotopic (exact) mass is 727 g/mol. The van der Waals surface area contributed by atoms with Gasteiger partial charge in [-0.15, -0.1) is 16.4 Å². The molecule has 1 fully saturated rings. The van der Waals surface area contributed by atoms with Gasteiger partial charge in [0, 0.05) is 29.8 Å². The molecule has 1 unspecified atom stereocenters. The van der Waals surface area contributed by atoms with E-state index in [0.29, 0.717) is 41.1 Å². The Balaban J connectivity index is 1.27. The molecular formula is C32H29ClF3N9O4S. The van der Waals surface area contributed by atoms with Crippen LogP contribution in [0.4, 0.5) is 18.9 Å². The minimum Gasteiger partial charge on any atom is -0.504 e. The van der Waals surface area contributed by atoms with Crippen LogP contribution in [0.5, 0.6) is 5.75 Å². The number of carbonyl (C=O) groups excluding carboxylic acids is 2. The number of halogens is 4. The predicted molar refractivity (Wildman–Crippen MR) is 176 cm³/mol. The highest BCUT2D eigenvalue weighted by atomic mass is 35.5. The molecule has 50 heavy (non-hydrogen) atoms. The van der Waals surface area contributed by atoms with Gasteiger partial charge in [0.25, 0.3) is 11.5 Å². The summed E-state index contributed by atoms with van der Waals surface area (Å²) in [5.74, 6) is -1.17. The lowest BCUT2D eigenvalue weighted by Crippen LogP contribution is -2.46. The SMILES string of the molecule is Cc1ncsc1-c1nc2n(CC(=O)Nc3ccc(C(F)(F)F)cc3Cl)c3c(c(=O)n2n1)C1(CCN(C(=O)c2ncnc(C)c2O)CC1)CC3C. The van der Waals surface area contributed by atoms with Crippen LogP contribution in [0.2, 0.25) is 5.02 Å². The number of carbonyl (C=O) groups is 2. The van der Waals surface area contributed by atoms with Crippen molar-refractivity contribution in [2.45, 2.75) is 64.1 Å². The molecule has 0 saturated carbocycles. The minimum atomic E-state index is -4.61. The van der Waals surface area contributed by atoms with E-state index in [-0.39, 0.29) is 70.6 Å². The fraction of sp³-hybridized carbons (Fsp3) is 0.375. The number of anilines is 1. The first-order valence-electron chi connectivity index (χ1n) is 15.6.